The molecule has 0 radical (unpaired) electrons. The highest BCUT2D eigenvalue weighted by Crippen LogP contribution is 2.16. The fraction of sp³-hybridized carbons (Fsp3) is 0.143. The van der Waals surface area contributed by atoms with E-state index in [9.17, 15) is 14.9 Å². The van der Waals surface area contributed by atoms with Gasteiger partial charge in [-0.05, 0) is 4.92 Å². The number of carbonyl (C=O) groups is 1. The fourth-order valence-electron chi connectivity index (χ4n) is 1.00. The zero-order valence-electron chi connectivity index (χ0n) is 7.43. The molecule has 0 spiro atoms. The average Bonchev–Trinajstić information content (AvgIpc) is 2.59. The molecule has 1 aromatic rings. The Bertz CT molecular complexity index is 396. The lowest BCUT2D eigenvalue weighted by Crippen LogP contribution is -2.20. The van der Waals surface area contributed by atoms with Gasteiger partial charge in [0, 0.05) is 25.9 Å². The van der Waals surface area contributed by atoms with Gasteiger partial charge in [0.25, 0.3) is 5.91 Å². The van der Waals surface area contributed by atoms with E-state index in [1.54, 1.807) is 0 Å². The Morgan fingerprint density at radius 1 is 1.71 bits per heavy atom. The van der Waals surface area contributed by atoms with Gasteiger partial charge in [-0.25, -0.2) is 0 Å². The van der Waals surface area contributed by atoms with Crippen LogP contribution in [-0.4, -0.2) is 29.3 Å². The van der Waals surface area contributed by atoms with Crippen molar-refractivity contribution in [2.24, 2.45) is 5.10 Å². The molecule has 0 aliphatic rings. The first-order valence-electron chi connectivity index (χ1n) is 3.67. The highest BCUT2D eigenvalue weighted by Gasteiger charge is 2.22. The SMILES string of the molecule is C=Nn1c(C(=O)NC)ccc1[N+](=O)[O-]. The molecule has 14 heavy (non-hydrogen) atoms. The third-order valence-corrected chi connectivity index (χ3v) is 1.62. The third kappa shape index (κ3) is 1.47. The molecule has 0 aliphatic carbocycles. The normalized spacial score (nSPS) is 9.50. The van der Waals surface area contributed by atoms with Crippen LogP contribution in [0.4, 0.5) is 5.82 Å². The van der Waals surface area contributed by atoms with Gasteiger partial charge in [0.2, 0.25) is 5.69 Å². The van der Waals surface area contributed by atoms with Crippen LogP contribution in [-0.2, 0) is 0 Å². The summed E-state index contributed by atoms with van der Waals surface area (Å²) >= 11 is 0. The van der Waals surface area contributed by atoms with E-state index in [1.807, 2.05) is 0 Å². The maximum Gasteiger partial charge on any atom is 0.348 e. The molecular weight excluding hydrogens is 188 g/mol. The Balaban J connectivity index is 3.27. The van der Waals surface area contributed by atoms with Gasteiger partial charge in [-0.2, -0.15) is 0 Å². The highest BCUT2D eigenvalue weighted by atomic mass is 16.6. The van der Waals surface area contributed by atoms with Crippen LogP contribution in [0.5, 0.6) is 0 Å². The van der Waals surface area contributed by atoms with Crippen molar-refractivity contribution in [1.82, 2.24) is 9.99 Å². The zero-order chi connectivity index (χ0) is 10.7. The minimum absolute atomic E-state index is 0.0780. The topological polar surface area (TPSA) is 89.5 Å². The quantitative estimate of drug-likeness (QED) is 0.426. The summed E-state index contributed by atoms with van der Waals surface area (Å²) in [6.45, 7) is 3.15. The number of nitro groups is 1. The summed E-state index contributed by atoms with van der Waals surface area (Å²) in [5.41, 5.74) is 0.0780. The van der Waals surface area contributed by atoms with E-state index in [1.165, 1.54) is 19.2 Å². The predicted molar refractivity (Wildman–Crippen MR) is 49.4 cm³/mol. The molecule has 0 bridgehead atoms. The smallest absolute Gasteiger partial charge is 0.348 e. The first-order valence-corrected chi connectivity index (χ1v) is 3.67. The van der Waals surface area contributed by atoms with Crippen LogP contribution in [0.15, 0.2) is 17.2 Å². The van der Waals surface area contributed by atoms with Crippen LogP contribution in [0.3, 0.4) is 0 Å². The van der Waals surface area contributed by atoms with E-state index < -0.39 is 10.8 Å². The predicted octanol–water partition coefficient (Wildman–Crippen LogP) is 0.220. The van der Waals surface area contributed by atoms with E-state index in [4.69, 9.17) is 0 Å². The van der Waals surface area contributed by atoms with Crippen molar-refractivity contribution in [3.8, 4) is 0 Å². The molecule has 1 amide bonds. The lowest BCUT2D eigenvalue weighted by atomic mass is 10.4. The summed E-state index contributed by atoms with van der Waals surface area (Å²) in [4.78, 5) is 21.0. The summed E-state index contributed by atoms with van der Waals surface area (Å²) < 4.78 is 0.874. The van der Waals surface area contributed by atoms with Gasteiger partial charge in [0.1, 0.15) is 0 Å². The van der Waals surface area contributed by atoms with Gasteiger partial charge in [0.05, 0.1) is 0 Å². The number of nitrogens with zero attached hydrogens (tertiary/aromatic N) is 3. The molecule has 0 atom stereocenters. The summed E-state index contributed by atoms with van der Waals surface area (Å²) in [6, 6.07) is 2.50. The molecule has 0 saturated carbocycles. The first-order chi connectivity index (χ1) is 6.61. The Morgan fingerprint density at radius 2 is 2.36 bits per heavy atom. The largest absolute Gasteiger partial charge is 0.358 e. The third-order valence-electron chi connectivity index (χ3n) is 1.62. The Hall–Kier alpha value is -2.18. The van der Waals surface area contributed by atoms with Crippen molar-refractivity contribution in [3.63, 3.8) is 0 Å². The molecule has 1 N–H and O–H groups in total. The lowest BCUT2D eigenvalue weighted by Gasteiger charge is -1.97. The molecule has 0 aromatic carbocycles. The minimum atomic E-state index is -0.638. The van der Waals surface area contributed by atoms with Crippen LogP contribution < -0.4 is 5.32 Å². The molecule has 0 unspecified atom stereocenters. The summed E-state index contributed by atoms with van der Waals surface area (Å²) in [7, 11) is 1.43. The number of nitrogens with one attached hydrogen (secondary N) is 1. The number of rotatable bonds is 3. The summed E-state index contributed by atoms with van der Waals surface area (Å²) in [6.07, 6.45) is 0. The maximum absolute atomic E-state index is 11.2. The highest BCUT2D eigenvalue weighted by molar-refractivity contribution is 5.93. The van der Waals surface area contributed by atoms with Crippen LogP contribution >= 0.6 is 0 Å². The molecule has 0 saturated heterocycles. The molecule has 0 fully saturated rings. The zero-order valence-corrected chi connectivity index (χ0v) is 7.43. The molecule has 1 aromatic heterocycles. The molecule has 7 heteroatoms. The number of hydrogen-bond donors (Lipinski definition) is 1. The van der Waals surface area contributed by atoms with Crippen molar-refractivity contribution in [2.75, 3.05) is 7.05 Å². The second-order valence-corrected chi connectivity index (χ2v) is 2.37. The van der Waals surface area contributed by atoms with Crippen molar-refractivity contribution in [1.29, 1.82) is 0 Å². The van der Waals surface area contributed by atoms with Crippen LogP contribution in [0, 0.1) is 10.1 Å². The second kappa shape index (κ2) is 3.69. The first kappa shape index (κ1) is 9.90. The molecular formula is C7H8N4O3. The van der Waals surface area contributed by atoms with Gasteiger partial charge in [-0.15, -0.1) is 0 Å². The Kier molecular flexibility index (Phi) is 2.61. The van der Waals surface area contributed by atoms with Crippen LogP contribution in [0.1, 0.15) is 10.5 Å². The fourth-order valence-corrected chi connectivity index (χ4v) is 1.00. The monoisotopic (exact) mass is 196 g/mol. The second-order valence-electron chi connectivity index (χ2n) is 2.37. The standard InChI is InChI=1S/C7H8N4O3/c1-8-7(12)5-3-4-6(11(13)14)10(5)9-2/h3-4H,2H2,1H3,(H,8,12). The van der Waals surface area contributed by atoms with E-state index in [-0.39, 0.29) is 11.5 Å². The average molecular weight is 196 g/mol. The van der Waals surface area contributed by atoms with Crippen LogP contribution in [0.2, 0.25) is 0 Å². The van der Waals surface area contributed by atoms with Crippen molar-refractivity contribution < 1.29 is 9.72 Å². The molecule has 1 rings (SSSR count). The summed E-state index contributed by atoms with van der Waals surface area (Å²) in [5, 5.41) is 16.2. The number of carbonyl (C=O) groups excluding carboxylic acids is 1. The maximum atomic E-state index is 11.2. The van der Waals surface area contributed by atoms with E-state index >= 15 is 0 Å². The Morgan fingerprint density at radius 3 is 2.79 bits per heavy atom. The van der Waals surface area contributed by atoms with Crippen LogP contribution in [0.25, 0.3) is 0 Å². The van der Waals surface area contributed by atoms with Crippen molar-refractivity contribution in [2.45, 2.75) is 0 Å². The molecule has 0 aliphatic heterocycles. The lowest BCUT2D eigenvalue weighted by molar-refractivity contribution is -0.391. The van der Waals surface area contributed by atoms with E-state index in [2.05, 4.69) is 17.1 Å². The van der Waals surface area contributed by atoms with Gasteiger partial charge in [-0.3, -0.25) is 4.79 Å². The molecule has 74 valence electrons. The van der Waals surface area contributed by atoms with Gasteiger partial charge < -0.3 is 15.4 Å². The van der Waals surface area contributed by atoms with Gasteiger partial charge in [-0.1, -0.05) is 9.78 Å². The molecule has 7 nitrogen and oxygen atoms in total. The van der Waals surface area contributed by atoms with Gasteiger partial charge >= 0.3 is 5.82 Å². The molecule has 1 heterocycles. The number of aromatic nitrogens is 1. The summed E-state index contributed by atoms with van der Waals surface area (Å²) in [5.74, 6) is -0.746. The van der Waals surface area contributed by atoms with Crippen molar-refractivity contribution >= 4 is 18.4 Å². The van der Waals surface area contributed by atoms with E-state index in [0.29, 0.717) is 0 Å². The van der Waals surface area contributed by atoms with Crippen molar-refractivity contribution in [3.05, 3.63) is 27.9 Å². The van der Waals surface area contributed by atoms with E-state index in [0.717, 1.165) is 4.68 Å². The Labute approximate surface area is 79.2 Å². The van der Waals surface area contributed by atoms with Gasteiger partial charge in [0.15, 0.2) is 0 Å². The number of amides is 1. The minimum Gasteiger partial charge on any atom is -0.358 e. The number of hydrogen-bond acceptors (Lipinski definition) is 4.